The van der Waals surface area contributed by atoms with Gasteiger partial charge >= 0.3 is 0 Å². The summed E-state index contributed by atoms with van der Waals surface area (Å²) >= 11 is 5.52. The summed E-state index contributed by atoms with van der Waals surface area (Å²) in [5.41, 5.74) is 4.28. The van der Waals surface area contributed by atoms with Gasteiger partial charge in [-0.05, 0) is 77.9 Å². The summed E-state index contributed by atoms with van der Waals surface area (Å²) in [6.45, 7) is 0.216. The predicted molar refractivity (Wildman–Crippen MR) is 190 cm³/mol. The third kappa shape index (κ3) is 8.68. The quantitative estimate of drug-likeness (QED) is 0.0753. The first-order valence-electron chi connectivity index (χ1n) is 14.7. The molecule has 244 valence electrons. The van der Waals surface area contributed by atoms with Gasteiger partial charge in [-0.3, -0.25) is 10.2 Å². The van der Waals surface area contributed by atoms with Gasteiger partial charge in [0.15, 0.2) is 0 Å². The molecule has 0 radical (unpaired) electrons. The maximum atomic E-state index is 13.7. The van der Waals surface area contributed by atoms with Crippen LogP contribution in [0.25, 0.3) is 11.1 Å². The van der Waals surface area contributed by atoms with E-state index >= 15 is 0 Å². The first-order valence-corrected chi connectivity index (χ1v) is 16.6. The van der Waals surface area contributed by atoms with Crippen LogP contribution in [0.4, 0.5) is 15.8 Å². The number of anilines is 2. The topological polar surface area (TPSA) is 138 Å². The minimum Gasteiger partial charge on any atom is -0.497 e. The Balaban J connectivity index is 1.33. The second kappa shape index (κ2) is 15.0. The molecule has 5 aromatic rings. The van der Waals surface area contributed by atoms with Crippen LogP contribution < -0.4 is 25.4 Å². The van der Waals surface area contributed by atoms with Crippen molar-refractivity contribution in [2.75, 3.05) is 23.9 Å². The van der Waals surface area contributed by atoms with Crippen LogP contribution in [0.5, 0.6) is 5.75 Å². The number of amidine groups is 1. The molecule has 1 amide bonds. The lowest BCUT2D eigenvalue weighted by molar-refractivity contribution is -0.115. The van der Waals surface area contributed by atoms with E-state index in [9.17, 15) is 17.6 Å². The lowest BCUT2D eigenvalue weighted by atomic mass is 10.1. The van der Waals surface area contributed by atoms with Crippen LogP contribution in [0.3, 0.4) is 0 Å². The van der Waals surface area contributed by atoms with E-state index in [-0.39, 0.29) is 35.5 Å². The van der Waals surface area contributed by atoms with Crippen molar-refractivity contribution in [1.29, 1.82) is 5.41 Å². The summed E-state index contributed by atoms with van der Waals surface area (Å²) in [6.07, 6.45) is 0. The van der Waals surface area contributed by atoms with Crippen LogP contribution in [0.2, 0.25) is 0 Å². The molecule has 0 aliphatic rings. The Bertz CT molecular complexity index is 2050. The number of nitrogens with two attached hydrogens (primary N) is 1. The van der Waals surface area contributed by atoms with Crippen LogP contribution >= 0.6 is 12.2 Å². The maximum Gasteiger partial charge on any atom is 0.243 e. The Kier molecular flexibility index (Phi) is 10.6. The molecule has 0 saturated heterocycles. The highest BCUT2D eigenvalue weighted by atomic mass is 32.2. The molecular formula is C36H32FN5O4S2. The van der Waals surface area contributed by atoms with E-state index in [0.717, 1.165) is 11.1 Å². The lowest BCUT2D eigenvalue weighted by Gasteiger charge is -2.25. The summed E-state index contributed by atoms with van der Waals surface area (Å²) in [5.74, 6) is 0.0760. The molecule has 5 rings (SSSR count). The number of halogens is 1. The number of thiocarbonyl (C=S) groups is 1. The van der Waals surface area contributed by atoms with Crippen molar-refractivity contribution in [3.05, 3.63) is 144 Å². The summed E-state index contributed by atoms with van der Waals surface area (Å²) in [5, 5.41) is 19.9. The zero-order valence-corrected chi connectivity index (χ0v) is 27.4. The minimum absolute atomic E-state index is 0.00582. The number of methoxy groups -OCH3 is 1. The highest BCUT2D eigenvalue weighted by Gasteiger charge is 2.17. The van der Waals surface area contributed by atoms with Crippen molar-refractivity contribution in [2.45, 2.75) is 11.4 Å². The van der Waals surface area contributed by atoms with Crippen LogP contribution in [0.1, 0.15) is 16.7 Å². The van der Waals surface area contributed by atoms with Gasteiger partial charge in [-0.1, -0.05) is 66.8 Å². The molecule has 0 heterocycles. The average Bonchev–Trinajstić information content (AvgIpc) is 3.09. The van der Waals surface area contributed by atoms with Gasteiger partial charge < -0.3 is 20.3 Å². The number of hydrogen-bond acceptors (Lipinski definition) is 7. The molecule has 9 nitrogen and oxygen atoms in total. The van der Waals surface area contributed by atoms with E-state index in [2.05, 4.69) is 10.6 Å². The van der Waals surface area contributed by atoms with Crippen LogP contribution in [0, 0.1) is 11.2 Å². The summed E-state index contributed by atoms with van der Waals surface area (Å²) in [7, 11) is -2.35. The second-order valence-corrected chi connectivity index (χ2v) is 12.7. The Morgan fingerprint density at radius 3 is 2.25 bits per heavy atom. The molecule has 0 saturated carbocycles. The molecule has 0 fully saturated rings. The Morgan fingerprint density at radius 2 is 1.58 bits per heavy atom. The molecular weight excluding hydrogens is 650 g/mol. The fraction of sp³-hybridized carbons (Fsp3) is 0.0833. The van der Waals surface area contributed by atoms with Gasteiger partial charge in [0, 0.05) is 34.6 Å². The van der Waals surface area contributed by atoms with Crippen molar-refractivity contribution < 1.29 is 22.3 Å². The molecule has 0 spiro atoms. The number of sulfonamides is 1. The maximum absolute atomic E-state index is 13.7. The van der Waals surface area contributed by atoms with Gasteiger partial charge in [0.1, 0.15) is 22.4 Å². The van der Waals surface area contributed by atoms with Crippen molar-refractivity contribution in [2.24, 2.45) is 5.14 Å². The van der Waals surface area contributed by atoms with Gasteiger partial charge in [0.2, 0.25) is 15.9 Å². The summed E-state index contributed by atoms with van der Waals surface area (Å²) in [4.78, 5) is 15.6. The minimum atomic E-state index is -3.93. The number of hydrogen-bond donors (Lipinski definition) is 4. The SMILES string of the molecule is COc1ccc(C(=S)NC(=N)c2cccc(N(CC(=O)Nc3ccc(-c4ccccc4S(N)(=O)=O)cc3)Cc3ccc(F)cc3)c2)cc1. The van der Waals surface area contributed by atoms with E-state index in [4.69, 9.17) is 27.5 Å². The molecule has 0 aliphatic heterocycles. The van der Waals surface area contributed by atoms with Crippen LogP contribution in [0.15, 0.2) is 126 Å². The summed E-state index contributed by atoms with van der Waals surface area (Å²) in [6, 6.07) is 33.5. The van der Waals surface area contributed by atoms with Crippen molar-refractivity contribution in [3.63, 3.8) is 0 Å². The molecule has 0 aromatic heterocycles. The molecule has 5 aromatic carbocycles. The van der Waals surface area contributed by atoms with Gasteiger partial charge in [-0.15, -0.1) is 0 Å². The Labute approximate surface area is 283 Å². The number of carbonyl (C=O) groups excluding carboxylic acids is 1. The predicted octanol–water partition coefficient (Wildman–Crippen LogP) is 6.08. The number of benzene rings is 5. The first kappa shape index (κ1) is 33.9. The number of carbonyl (C=O) groups is 1. The molecule has 0 unspecified atom stereocenters. The lowest BCUT2D eigenvalue weighted by Crippen LogP contribution is -2.33. The standard InChI is InChI=1S/C36H32FN5O4S2/c1-46-31-19-13-26(14-20-31)36(47)41-35(38)27-5-4-6-30(21-27)42(22-24-9-15-28(37)16-10-24)23-34(43)40-29-17-11-25(12-18-29)32-7-2-3-8-33(32)48(39,44)45/h2-21H,22-23H2,1H3,(H,40,43)(H2,38,41,47)(H2,39,44,45). The molecule has 0 bridgehead atoms. The molecule has 0 aliphatic carbocycles. The molecule has 0 atom stereocenters. The average molecular weight is 682 g/mol. The van der Waals surface area contributed by atoms with E-state index in [1.807, 2.05) is 11.0 Å². The van der Waals surface area contributed by atoms with Gasteiger partial charge in [-0.25, -0.2) is 17.9 Å². The zero-order chi connectivity index (χ0) is 34.3. The fourth-order valence-electron chi connectivity index (χ4n) is 4.97. The van der Waals surface area contributed by atoms with Gasteiger partial charge in [0.25, 0.3) is 0 Å². The number of ether oxygens (including phenoxy) is 1. The number of primary sulfonamides is 1. The monoisotopic (exact) mass is 681 g/mol. The number of rotatable bonds is 11. The Morgan fingerprint density at radius 1 is 0.896 bits per heavy atom. The third-order valence-electron chi connectivity index (χ3n) is 7.39. The number of nitrogens with zero attached hydrogens (tertiary/aromatic N) is 1. The smallest absolute Gasteiger partial charge is 0.243 e. The van der Waals surface area contributed by atoms with Crippen molar-refractivity contribution >= 4 is 50.3 Å². The largest absolute Gasteiger partial charge is 0.497 e. The normalized spacial score (nSPS) is 11.0. The third-order valence-corrected chi connectivity index (χ3v) is 8.69. The van der Waals surface area contributed by atoms with E-state index in [0.29, 0.717) is 38.8 Å². The fourth-order valence-corrected chi connectivity index (χ4v) is 5.97. The highest BCUT2D eigenvalue weighted by molar-refractivity contribution is 7.89. The van der Waals surface area contributed by atoms with E-state index < -0.39 is 10.0 Å². The molecule has 12 heteroatoms. The van der Waals surface area contributed by atoms with Crippen LogP contribution in [-0.4, -0.2) is 38.8 Å². The summed E-state index contributed by atoms with van der Waals surface area (Å²) < 4.78 is 43.0. The van der Waals surface area contributed by atoms with Crippen molar-refractivity contribution in [1.82, 2.24) is 5.32 Å². The van der Waals surface area contributed by atoms with Crippen molar-refractivity contribution in [3.8, 4) is 16.9 Å². The molecule has 48 heavy (non-hydrogen) atoms. The zero-order valence-electron chi connectivity index (χ0n) is 25.8. The van der Waals surface area contributed by atoms with Crippen LogP contribution in [-0.2, 0) is 21.4 Å². The number of nitrogens with one attached hydrogen (secondary N) is 3. The van der Waals surface area contributed by atoms with Gasteiger partial charge in [-0.2, -0.15) is 0 Å². The number of amides is 1. The highest BCUT2D eigenvalue weighted by Crippen LogP contribution is 2.28. The second-order valence-electron chi connectivity index (χ2n) is 10.8. The van der Waals surface area contributed by atoms with E-state index in [1.165, 1.54) is 18.2 Å². The molecule has 5 N–H and O–H groups in total. The van der Waals surface area contributed by atoms with Gasteiger partial charge in [0.05, 0.1) is 18.6 Å². The van der Waals surface area contributed by atoms with E-state index in [1.54, 1.807) is 104 Å². The first-order chi connectivity index (χ1) is 23.0. The Hall–Kier alpha value is -5.43.